The van der Waals surface area contributed by atoms with E-state index < -0.39 is 0 Å². The Morgan fingerprint density at radius 2 is 1.85 bits per heavy atom. The summed E-state index contributed by atoms with van der Waals surface area (Å²) in [6.07, 6.45) is 0. The molecule has 1 N–H and O–H groups in total. The number of rotatable bonds is 3. The maximum atomic E-state index is 3.44. The SMILES string of the molecule is Cc1ccc(C(C)N2CC(N3CCNCC3)C2)c(C)c1. The molecule has 0 saturated carbocycles. The lowest BCUT2D eigenvalue weighted by Crippen LogP contribution is -2.62. The highest BCUT2D eigenvalue weighted by molar-refractivity contribution is 5.32. The van der Waals surface area contributed by atoms with Crippen molar-refractivity contribution in [3.05, 3.63) is 34.9 Å². The molecule has 1 atom stereocenters. The summed E-state index contributed by atoms with van der Waals surface area (Å²) in [7, 11) is 0. The van der Waals surface area contributed by atoms with E-state index in [1.165, 1.54) is 42.9 Å². The summed E-state index contributed by atoms with van der Waals surface area (Å²) >= 11 is 0. The van der Waals surface area contributed by atoms with E-state index >= 15 is 0 Å². The zero-order valence-electron chi connectivity index (χ0n) is 13.0. The van der Waals surface area contributed by atoms with Crippen LogP contribution in [0.3, 0.4) is 0 Å². The number of likely N-dealkylation sites (tertiary alicyclic amines) is 1. The van der Waals surface area contributed by atoms with E-state index in [1.807, 2.05) is 0 Å². The molecule has 2 aliphatic heterocycles. The fraction of sp³-hybridized carbons (Fsp3) is 0.647. The van der Waals surface area contributed by atoms with Crippen molar-refractivity contribution in [1.29, 1.82) is 0 Å². The Hall–Kier alpha value is -0.900. The highest BCUT2D eigenvalue weighted by Crippen LogP contribution is 2.29. The summed E-state index contributed by atoms with van der Waals surface area (Å²) in [5, 5.41) is 3.44. The summed E-state index contributed by atoms with van der Waals surface area (Å²) in [6.45, 7) is 14.0. The van der Waals surface area contributed by atoms with Gasteiger partial charge < -0.3 is 5.32 Å². The Balaban J connectivity index is 1.58. The summed E-state index contributed by atoms with van der Waals surface area (Å²) in [5.41, 5.74) is 4.29. The molecule has 0 radical (unpaired) electrons. The van der Waals surface area contributed by atoms with Crippen LogP contribution >= 0.6 is 0 Å². The lowest BCUT2D eigenvalue weighted by Gasteiger charge is -2.49. The van der Waals surface area contributed by atoms with Gasteiger partial charge in [0, 0.05) is 51.4 Å². The lowest BCUT2D eigenvalue weighted by atomic mass is 9.95. The topological polar surface area (TPSA) is 18.5 Å². The van der Waals surface area contributed by atoms with Gasteiger partial charge in [0.1, 0.15) is 0 Å². The molecule has 2 aliphatic rings. The van der Waals surface area contributed by atoms with E-state index in [4.69, 9.17) is 0 Å². The zero-order chi connectivity index (χ0) is 14.1. The van der Waals surface area contributed by atoms with Crippen LogP contribution in [0.15, 0.2) is 18.2 Å². The van der Waals surface area contributed by atoms with Gasteiger partial charge in [0.05, 0.1) is 0 Å². The molecular weight excluding hydrogens is 246 g/mol. The quantitative estimate of drug-likeness (QED) is 0.908. The van der Waals surface area contributed by atoms with Gasteiger partial charge in [-0.3, -0.25) is 9.80 Å². The standard InChI is InChI=1S/C17H27N3/c1-13-4-5-17(14(2)10-13)15(3)20-11-16(12-20)19-8-6-18-7-9-19/h4-5,10,15-16,18H,6-9,11-12H2,1-3H3. The fourth-order valence-electron chi connectivity index (χ4n) is 3.57. The molecule has 0 bridgehead atoms. The number of nitrogens with zero attached hydrogens (tertiary/aromatic N) is 2. The second kappa shape index (κ2) is 5.84. The normalized spacial score (nSPS) is 23.6. The zero-order valence-corrected chi connectivity index (χ0v) is 13.0. The van der Waals surface area contributed by atoms with Gasteiger partial charge in [-0.25, -0.2) is 0 Å². The van der Waals surface area contributed by atoms with Crippen LogP contribution in [-0.4, -0.2) is 55.1 Å². The summed E-state index contributed by atoms with van der Waals surface area (Å²) in [6, 6.07) is 8.19. The molecule has 20 heavy (non-hydrogen) atoms. The van der Waals surface area contributed by atoms with E-state index in [-0.39, 0.29) is 0 Å². The van der Waals surface area contributed by atoms with Gasteiger partial charge in [-0.05, 0) is 31.9 Å². The third kappa shape index (κ3) is 2.76. The van der Waals surface area contributed by atoms with Gasteiger partial charge >= 0.3 is 0 Å². The highest BCUT2D eigenvalue weighted by atomic mass is 15.3. The van der Waals surface area contributed by atoms with Crippen LogP contribution < -0.4 is 5.32 Å². The van der Waals surface area contributed by atoms with Crippen LogP contribution in [0.2, 0.25) is 0 Å². The lowest BCUT2D eigenvalue weighted by molar-refractivity contribution is 0.00333. The first-order chi connectivity index (χ1) is 9.65. The molecule has 3 rings (SSSR count). The molecule has 1 unspecified atom stereocenters. The average Bonchev–Trinajstić information content (AvgIpc) is 2.38. The van der Waals surface area contributed by atoms with Crippen LogP contribution in [0.25, 0.3) is 0 Å². The van der Waals surface area contributed by atoms with Crippen LogP contribution in [0.4, 0.5) is 0 Å². The number of aryl methyl sites for hydroxylation is 2. The molecule has 110 valence electrons. The second-order valence-corrected chi connectivity index (χ2v) is 6.43. The minimum absolute atomic E-state index is 0.551. The van der Waals surface area contributed by atoms with Crippen molar-refractivity contribution in [3.63, 3.8) is 0 Å². The van der Waals surface area contributed by atoms with E-state index in [0.717, 1.165) is 19.1 Å². The van der Waals surface area contributed by atoms with Crippen molar-refractivity contribution in [2.24, 2.45) is 0 Å². The molecule has 0 aromatic heterocycles. The van der Waals surface area contributed by atoms with E-state index in [0.29, 0.717) is 6.04 Å². The molecule has 0 spiro atoms. The second-order valence-electron chi connectivity index (χ2n) is 6.43. The summed E-state index contributed by atoms with van der Waals surface area (Å²) < 4.78 is 0. The van der Waals surface area contributed by atoms with Gasteiger partial charge in [-0.2, -0.15) is 0 Å². The van der Waals surface area contributed by atoms with Crippen molar-refractivity contribution in [1.82, 2.24) is 15.1 Å². The third-order valence-electron chi connectivity index (χ3n) is 4.98. The molecule has 2 saturated heterocycles. The van der Waals surface area contributed by atoms with Crippen molar-refractivity contribution in [2.75, 3.05) is 39.3 Å². The number of hydrogen-bond donors (Lipinski definition) is 1. The molecule has 2 heterocycles. The molecule has 3 nitrogen and oxygen atoms in total. The molecule has 0 aliphatic carbocycles. The molecule has 1 aromatic carbocycles. The van der Waals surface area contributed by atoms with Gasteiger partial charge in [0.15, 0.2) is 0 Å². The first-order valence-corrected chi connectivity index (χ1v) is 7.91. The number of piperazine rings is 1. The van der Waals surface area contributed by atoms with Crippen LogP contribution in [-0.2, 0) is 0 Å². The Bertz CT molecular complexity index is 459. The molecule has 2 fully saturated rings. The number of benzene rings is 1. The maximum absolute atomic E-state index is 3.44. The summed E-state index contributed by atoms with van der Waals surface area (Å²) in [4.78, 5) is 5.27. The predicted molar refractivity (Wildman–Crippen MR) is 84.1 cm³/mol. The van der Waals surface area contributed by atoms with Crippen LogP contribution in [0.1, 0.15) is 29.7 Å². The van der Waals surface area contributed by atoms with Crippen LogP contribution in [0, 0.1) is 13.8 Å². The Morgan fingerprint density at radius 1 is 1.15 bits per heavy atom. The van der Waals surface area contributed by atoms with Gasteiger partial charge in [-0.15, -0.1) is 0 Å². The minimum Gasteiger partial charge on any atom is -0.314 e. The first-order valence-electron chi connectivity index (χ1n) is 7.91. The van der Waals surface area contributed by atoms with Gasteiger partial charge in [0.25, 0.3) is 0 Å². The molecule has 3 heteroatoms. The van der Waals surface area contributed by atoms with Crippen molar-refractivity contribution in [2.45, 2.75) is 32.9 Å². The molecule has 1 aromatic rings. The molecular formula is C17H27N3. The summed E-state index contributed by atoms with van der Waals surface area (Å²) in [5.74, 6) is 0. The minimum atomic E-state index is 0.551. The maximum Gasteiger partial charge on any atom is 0.0351 e. The van der Waals surface area contributed by atoms with E-state index in [9.17, 15) is 0 Å². The van der Waals surface area contributed by atoms with Crippen molar-refractivity contribution in [3.8, 4) is 0 Å². The van der Waals surface area contributed by atoms with Crippen molar-refractivity contribution < 1.29 is 0 Å². The smallest absolute Gasteiger partial charge is 0.0351 e. The number of nitrogens with one attached hydrogen (secondary N) is 1. The van der Waals surface area contributed by atoms with Crippen molar-refractivity contribution >= 4 is 0 Å². The van der Waals surface area contributed by atoms with Crippen LogP contribution in [0.5, 0.6) is 0 Å². The van der Waals surface area contributed by atoms with E-state index in [2.05, 4.69) is 54.1 Å². The highest BCUT2D eigenvalue weighted by Gasteiger charge is 2.35. The third-order valence-corrected chi connectivity index (χ3v) is 4.98. The average molecular weight is 273 g/mol. The van der Waals surface area contributed by atoms with Gasteiger partial charge in [0.2, 0.25) is 0 Å². The monoisotopic (exact) mass is 273 g/mol. The van der Waals surface area contributed by atoms with E-state index in [1.54, 1.807) is 0 Å². The Labute approximate surface area is 123 Å². The largest absolute Gasteiger partial charge is 0.314 e. The molecule has 0 amide bonds. The number of hydrogen-bond acceptors (Lipinski definition) is 3. The fourth-order valence-corrected chi connectivity index (χ4v) is 3.57. The Morgan fingerprint density at radius 3 is 2.50 bits per heavy atom. The Kier molecular flexibility index (Phi) is 4.11. The first kappa shape index (κ1) is 14.1. The van der Waals surface area contributed by atoms with Gasteiger partial charge in [-0.1, -0.05) is 23.8 Å². The predicted octanol–water partition coefficient (Wildman–Crippen LogP) is 1.95.